The molecule has 0 aliphatic carbocycles. The maximum Gasteiger partial charge on any atom is 0.335 e. The van der Waals surface area contributed by atoms with E-state index in [9.17, 15) is 9.59 Å². The van der Waals surface area contributed by atoms with Crippen molar-refractivity contribution in [2.45, 2.75) is 13.0 Å². The van der Waals surface area contributed by atoms with Gasteiger partial charge in [-0.25, -0.2) is 9.78 Å². The Hall–Kier alpha value is -3.85. The van der Waals surface area contributed by atoms with Crippen LogP contribution < -0.4 is 14.8 Å². The van der Waals surface area contributed by atoms with Crippen LogP contribution in [0.25, 0.3) is 16.2 Å². The summed E-state index contributed by atoms with van der Waals surface area (Å²) in [4.78, 5) is 28.9. The van der Waals surface area contributed by atoms with E-state index >= 15 is 0 Å². The van der Waals surface area contributed by atoms with Gasteiger partial charge in [-0.3, -0.25) is 9.20 Å². The van der Waals surface area contributed by atoms with Crippen LogP contribution in [0.15, 0.2) is 54.0 Å². The first-order valence-corrected chi connectivity index (χ1v) is 10.6. The van der Waals surface area contributed by atoms with Gasteiger partial charge < -0.3 is 19.9 Å². The first-order valence-electron chi connectivity index (χ1n) is 9.75. The Bertz CT molecular complexity index is 1280. The van der Waals surface area contributed by atoms with Gasteiger partial charge in [0.1, 0.15) is 11.5 Å². The Balaban J connectivity index is 1.48. The fourth-order valence-electron chi connectivity index (χ4n) is 3.29. The third kappa shape index (κ3) is 4.42. The summed E-state index contributed by atoms with van der Waals surface area (Å²) in [6.45, 7) is 0.322. The fraction of sp³-hybridized carbons (Fsp3) is 0.174. The highest BCUT2D eigenvalue weighted by atomic mass is 32.1. The van der Waals surface area contributed by atoms with Crippen molar-refractivity contribution in [3.05, 3.63) is 70.9 Å². The molecule has 9 heteroatoms. The number of thiazole rings is 1. The maximum absolute atomic E-state index is 12.5. The van der Waals surface area contributed by atoms with Crippen molar-refractivity contribution in [3.63, 3.8) is 0 Å². The monoisotopic (exact) mass is 451 g/mol. The molecule has 1 amide bonds. The van der Waals surface area contributed by atoms with E-state index < -0.39 is 5.97 Å². The van der Waals surface area contributed by atoms with Crippen LogP contribution in [-0.4, -0.2) is 40.6 Å². The topological polar surface area (TPSA) is 102 Å². The van der Waals surface area contributed by atoms with Crippen LogP contribution in [0.1, 0.15) is 21.6 Å². The number of ether oxygens (including phenoxy) is 2. The maximum atomic E-state index is 12.5. The number of amides is 1. The molecule has 0 radical (unpaired) electrons. The van der Waals surface area contributed by atoms with Gasteiger partial charge in [-0.15, -0.1) is 11.3 Å². The molecule has 0 unspecified atom stereocenters. The summed E-state index contributed by atoms with van der Waals surface area (Å²) in [5.74, 6) is 0.271. The van der Waals surface area contributed by atoms with Crippen LogP contribution in [0.4, 0.5) is 0 Å². The van der Waals surface area contributed by atoms with Crippen molar-refractivity contribution in [2.75, 3.05) is 14.2 Å². The number of carbonyl (C=O) groups excluding carboxylic acids is 1. The van der Waals surface area contributed by atoms with Crippen LogP contribution in [0.2, 0.25) is 0 Å². The molecule has 4 aromatic rings. The Labute approximate surface area is 188 Å². The summed E-state index contributed by atoms with van der Waals surface area (Å²) >= 11 is 1.46. The molecule has 0 aliphatic rings. The lowest BCUT2D eigenvalue weighted by molar-refractivity contribution is -0.120. The summed E-state index contributed by atoms with van der Waals surface area (Å²) in [6.07, 6.45) is 2.08. The second-order valence-corrected chi connectivity index (χ2v) is 7.86. The van der Waals surface area contributed by atoms with Crippen molar-refractivity contribution in [1.29, 1.82) is 0 Å². The van der Waals surface area contributed by atoms with Crippen LogP contribution >= 0.6 is 11.3 Å². The quantitative estimate of drug-likeness (QED) is 0.424. The van der Waals surface area contributed by atoms with E-state index in [0.717, 1.165) is 27.5 Å². The molecular weight excluding hydrogens is 430 g/mol. The minimum atomic E-state index is -0.978. The predicted octanol–water partition coefficient (Wildman–Crippen LogP) is 3.64. The molecule has 0 atom stereocenters. The highest BCUT2D eigenvalue weighted by molar-refractivity contribution is 7.15. The first-order chi connectivity index (χ1) is 15.5. The molecule has 2 aromatic heterocycles. The number of carboxylic acid groups (broad SMARTS) is 1. The van der Waals surface area contributed by atoms with Crippen molar-refractivity contribution < 1.29 is 24.2 Å². The average molecular weight is 452 g/mol. The van der Waals surface area contributed by atoms with Gasteiger partial charge >= 0.3 is 5.97 Å². The van der Waals surface area contributed by atoms with Gasteiger partial charge in [0.05, 0.1) is 31.9 Å². The molecular formula is C23H21N3O5S. The molecule has 0 saturated heterocycles. The summed E-state index contributed by atoms with van der Waals surface area (Å²) in [5.41, 5.74) is 3.40. The lowest BCUT2D eigenvalue weighted by atomic mass is 10.1. The van der Waals surface area contributed by atoms with Gasteiger partial charge in [0.2, 0.25) is 5.91 Å². The molecule has 0 aliphatic heterocycles. The highest BCUT2D eigenvalue weighted by Crippen LogP contribution is 2.34. The summed E-state index contributed by atoms with van der Waals surface area (Å²) in [5, 5.41) is 13.7. The van der Waals surface area contributed by atoms with Gasteiger partial charge in [-0.1, -0.05) is 12.1 Å². The van der Waals surface area contributed by atoms with Gasteiger partial charge in [-0.2, -0.15) is 0 Å². The van der Waals surface area contributed by atoms with Gasteiger partial charge in [0.25, 0.3) is 0 Å². The first kappa shape index (κ1) is 21.4. The summed E-state index contributed by atoms with van der Waals surface area (Å²) in [6, 6.07) is 11.9. The Morgan fingerprint density at radius 2 is 1.91 bits per heavy atom. The number of hydrogen-bond acceptors (Lipinski definition) is 6. The number of hydrogen-bond donors (Lipinski definition) is 2. The molecule has 0 spiro atoms. The smallest absolute Gasteiger partial charge is 0.335 e. The molecule has 32 heavy (non-hydrogen) atoms. The molecule has 0 saturated carbocycles. The van der Waals surface area contributed by atoms with Gasteiger partial charge in [-0.05, 0) is 35.9 Å². The minimum Gasteiger partial charge on any atom is -0.497 e. The van der Waals surface area contributed by atoms with Gasteiger partial charge in [0.15, 0.2) is 4.96 Å². The number of aromatic carboxylic acids is 1. The SMILES string of the molecule is COc1ccc(OC)c(-c2cn3c(CC(=O)NCc4ccc(C(=O)O)cc4)csc3n2)c1. The van der Waals surface area contributed by atoms with E-state index in [-0.39, 0.29) is 17.9 Å². The van der Waals surface area contributed by atoms with Crippen LogP contribution in [0.3, 0.4) is 0 Å². The molecule has 2 N–H and O–H groups in total. The fourth-order valence-corrected chi connectivity index (χ4v) is 4.17. The lowest BCUT2D eigenvalue weighted by Gasteiger charge is -2.08. The summed E-state index contributed by atoms with van der Waals surface area (Å²) < 4.78 is 12.7. The van der Waals surface area contributed by atoms with E-state index in [1.54, 1.807) is 26.4 Å². The normalized spacial score (nSPS) is 10.8. The molecule has 164 valence electrons. The van der Waals surface area contributed by atoms with E-state index in [4.69, 9.17) is 14.6 Å². The zero-order valence-electron chi connectivity index (χ0n) is 17.5. The number of methoxy groups -OCH3 is 2. The van der Waals surface area contributed by atoms with E-state index in [2.05, 4.69) is 10.3 Å². The molecule has 4 rings (SSSR count). The predicted molar refractivity (Wildman–Crippen MR) is 121 cm³/mol. The molecule has 0 bridgehead atoms. The van der Waals surface area contributed by atoms with Crippen molar-refractivity contribution in [1.82, 2.24) is 14.7 Å². The third-order valence-electron chi connectivity index (χ3n) is 5.00. The minimum absolute atomic E-state index is 0.138. The Morgan fingerprint density at radius 1 is 1.12 bits per heavy atom. The second-order valence-electron chi connectivity index (χ2n) is 7.03. The third-order valence-corrected chi connectivity index (χ3v) is 5.89. The number of carbonyl (C=O) groups is 2. The zero-order valence-corrected chi connectivity index (χ0v) is 18.3. The number of imidazole rings is 1. The molecule has 2 aromatic carbocycles. The van der Waals surface area contributed by atoms with Gasteiger partial charge in [0, 0.05) is 29.4 Å². The number of rotatable bonds is 8. The zero-order chi connectivity index (χ0) is 22.7. The molecule has 8 nitrogen and oxygen atoms in total. The molecule has 0 fully saturated rings. The average Bonchev–Trinajstić information content (AvgIpc) is 3.39. The van der Waals surface area contributed by atoms with Crippen molar-refractivity contribution in [2.24, 2.45) is 0 Å². The van der Waals surface area contributed by atoms with E-state index in [0.29, 0.717) is 18.0 Å². The molecule has 2 heterocycles. The summed E-state index contributed by atoms with van der Waals surface area (Å²) in [7, 11) is 3.21. The number of nitrogens with zero attached hydrogens (tertiary/aromatic N) is 2. The highest BCUT2D eigenvalue weighted by Gasteiger charge is 2.16. The van der Waals surface area contributed by atoms with Crippen molar-refractivity contribution in [3.8, 4) is 22.8 Å². The van der Waals surface area contributed by atoms with Crippen LogP contribution in [0, 0.1) is 0 Å². The van der Waals surface area contributed by atoms with E-state index in [1.165, 1.54) is 23.5 Å². The number of carboxylic acids is 1. The van der Waals surface area contributed by atoms with Crippen molar-refractivity contribution >= 4 is 28.2 Å². The van der Waals surface area contributed by atoms with Crippen LogP contribution in [-0.2, 0) is 17.8 Å². The van der Waals surface area contributed by atoms with E-state index in [1.807, 2.05) is 34.2 Å². The van der Waals surface area contributed by atoms with Crippen LogP contribution in [0.5, 0.6) is 11.5 Å². The number of fused-ring (bicyclic) bond motifs is 1. The number of aromatic nitrogens is 2. The number of benzene rings is 2. The standard InChI is InChI=1S/C23H21N3O5S/c1-30-17-7-8-20(31-2)18(10-17)19-12-26-16(13-32-23(26)25-19)9-21(27)24-11-14-3-5-15(6-4-14)22(28)29/h3-8,10,12-13H,9,11H2,1-2H3,(H,24,27)(H,28,29). The lowest BCUT2D eigenvalue weighted by Crippen LogP contribution is -2.25. The number of nitrogens with one attached hydrogen (secondary N) is 1. The largest absolute Gasteiger partial charge is 0.497 e. The Kier molecular flexibility index (Phi) is 6.09. The Morgan fingerprint density at radius 3 is 2.59 bits per heavy atom. The second kappa shape index (κ2) is 9.11.